The van der Waals surface area contributed by atoms with Crippen molar-refractivity contribution in [2.24, 2.45) is 5.41 Å². The van der Waals surface area contributed by atoms with Crippen molar-refractivity contribution in [3.05, 3.63) is 91.2 Å². The van der Waals surface area contributed by atoms with Gasteiger partial charge >= 0.3 is 33.9 Å². The summed E-state index contributed by atoms with van der Waals surface area (Å²) in [7, 11) is 0. The van der Waals surface area contributed by atoms with E-state index in [0.717, 1.165) is 16.7 Å². The van der Waals surface area contributed by atoms with E-state index in [1.807, 2.05) is 82.3 Å². The summed E-state index contributed by atoms with van der Waals surface area (Å²) < 4.78 is 22.5. The van der Waals surface area contributed by atoms with Gasteiger partial charge in [0.25, 0.3) is 0 Å². The maximum atomic E-state index is 10.9. The molecule has 2 aromatic rings. The van der Waals surface area contributed by atoms with Crippen LogP contribution >= 0.6 is 0 Å². The molecule has 0 fully saturated rings. The van der Waals surface area contributed by atoms with Crippen molar-refractivity contribution in [3.63, 3.8) is 0 Å². The van der Waals surface area contributed by atoms with E-state index < -0.39 is 12.1 Å². The fourth-order valence-electron chi connectivity index (χ4n) is 2.75. The summed E-state index contributed by atoms with van der Waals surface area (Å²) in [4.78, 5) is 0. The molecule has 6 nitrogen and oxygen atoms in total. The molecule has 0 aromatic heterocycles. The molecule has 0 aliphatic carbocycles. The Morgan fingerprint density at radius 1 is 0.867 bits per heavy atom. The van der Waals surface area contributed by atoms with E-state index in [2.05, 4.69) is 20.0 Å². The van der Waals surface area contributed by atoms with Gasteiger partial charge in [0.1, 0.15) is 0 Å². The van der Waals surface area contributed by atoms with Crippen molar-refractivity contribution in [2.45, 2.75) is 46.4 Å². The first-order valence-corrected chi connectivity index (χ1v) is 8.65. The molecular formula is C23H27CrNO5. The Morgan fingerprint density at radius 3 is 1.73 bits per heavy atom. The third-order valence-electron chi connectivity index (χ3n) is 4.20. The van der Waals surface area contributed by atoms with Crippen LogP contribution in [0.5, 0.6) is 0 Å². The Hall–Kier alpha value is -1.93. The van der Waals surface area contributed by atoms with Gasteiger partial charge in [0.05, 0.1) is 12.1 Å². The molecule has 0 saturated heterocycles. The molecule has 2 N–H and O–H groups in total. The van der Waals surface area contributed by atoms with Gasteiger partial charge in [0, 0.05) is 23.9 Å². The molecule has 0 heterocycles. The maximum Gasteiger partial charge on any atom is 0 e. The smallest absolute Gasteiger partial charge is 0 e. The second-order valence-corrected chi connectivity index (χ2v) is 7.20. The second-order valence-electron chi connectivity index (χ2n) is 7.20. The Bertz CT molecular complexity index is 739. The third kappa shape index (κ3) is 10.7. The van der Waals surface area contributed by atoms with Gasteiger partial charge in [-0.25, -0.2) is 0 Å². The zero-order valence-corrected chi connectivity index (χ0v) is 18.8. The van der Waals surface area contributed by atoms with Crippen molar-refractivity contribution >= 4 is 0 Å². The molecule has 2 aromatic carbocycles. The topological polar surface area (TPSA) is 103 Å². The zero-order chi connectivity index (χ0) is 23.0. The summed E-state index contributed by atoms with van der Waals surface area (Å²) in [5, 5.41) is 22.9. The van der Waals surface area contributed by atoms with Crippen molar-refractivity contribution in [1.29, 1.82) is 0 Å². The number of hydroxylamine groups is 2. The fourth-order valence-corrected chi connectivity index (χ4v) is 2.75. The number of hydrogen-bond donors (Lipinski definition) is 2. The van der Waals surface area contributed by atoms with Crippen LogP contribution in [0.25, 0.3) is 0 Å². The monoisotopic (exact) mass is 449 g/mol. The van der Waals surface area contributed by atoms with Gasteiger partial charge in [0.2, 0.25) is 0 Å². The van der Waals surface area contributed by atoms with E-state index in [-0.39, 0.29) is 22.8 Å². The molecule has 2 atom stereocenters. The number of nitrogens with zero attached hydrogens (tertiary/aromatic N) is 1. The van der Waals surface area contributed by atoms with E-state index in [1.165, 1.54) is 5.06 Å². The van der Waals surface area contributed by atoms with E-state index in [1.54, 1.807) is 0 Å². The molecule has 2 rings (SSSR count). The van der Waals surface area contributed by atoms with Gasteiger partial charge < -0.3 is 10.3 Å². The first-order chi connectivity index (χ1) is 13.8. The summed E-state index contributed by atoms with van der Waals surface area (Å²) in [5.41, 5.74) is 2.68. The molecule has 30 heavy (non-hydrogen) atoms. The summed E-state index contributed by atoms with van der Waals surface area (Å²) in [5.74, 6) is 0. The molecule has 160 valence electrons. The van der Waals surface area contributed by atoms with E-state index >= 15 is 0 Å². The average molecular weight is 449 g/mol. The van der Waals surface area contributed by atoms with Crippen molar-refractivity contribution < 1.29 is 41.6 Å². The number of hydrogen-bond acceptors (Lipinski definition) is 3. The van der Waals surface area contributed by atoms with Crippen LogP contribution < -0.4 is 0 Å². The Labute approximate surface area is 189 Å². The minimum atomic E-state index is -0.697. The summed E-state index contributed by atoms with van der Waals surface area (Å²) >= 11 is 0. The minimum absolute atomic E-state index is 0. The van der Waals surface area contributed by atoms with Crippen LogP contribution in [0, 0.1) is 32.3 Å². The predicted molar refractivity (Wildman–Crippen MR) is 105 cm³/mol. The summed E-state index contributed by atoms with van der Waals surface area (Å²) in [6.45, 7) is 21.8. The number of rotatable bonds is 5. The standard InChI is InChI=1S/C20H27NO2.3CO.Cr/c1-15-10-8-9-13-17(15)18(19(22)20(2,3)4)21(23)14-16-11-6-5-7-12-16;3*1-2;/h5-13,18-19,22-23H,14H2,1-4H3;;;;. The Kier molecular flexibility index (Phi) is 19.5. The molecule has 0 aliphatic rings. The zero-order valence-electron chi connectivity index (χ0n) is 17.5. The van der Waals surface area contributed by atoms with Crippen molar-refractivity contribution in [1.82, 2.24) is 5.06 Å². The molecular weight excluding hydrogens is 422 g/mol. The largest absolute Gasteiger partial charge is 0 e. The molecule has 0 spiro atoms. The third-order valence-corrected chi connectivity index (χ3v) is 4.20. The van der Waals surface area contributed by atoms with Gasteiger partial charge in [0.15, 0.2) is 0 Å². The van der Waals surface area contributed by atoms with E-state index in [4.69, 9.17) is 14.0 Å². The Balaban J connectivity index is -0.000000955. The quantitative estimate of drug-likeness (QED) is 0.406. The maximum absolute atomic E-state index is 10.9. The number of benzene rings is 2. The first-order valence-electron chi connectivity index (χ1n) is 8.65. The number of aliphatic hydroxyl groups is 1. The SMILES string of the molecule is Cc1ccccc1C(C(O)C(C)(C)C)N(O)Cc1ccccc1.[C-]#[O+].[C-]#[O+].[C-]#[O+].[Cr]. The van der Waals surface area contributed by atoms with Crippen LogP contribution in [0.2, 0.25) is 0 Å². The van der Waals surface area contributed by atoms with Crippen LogP contribution in [0.4, 0.5) is 0 Å². The minimum Gasteiger partial charge on any atom is 0 e. The number of aliphatic hydroxyl groups excluding tert-OH is 1. The van der Waals surface area contributed by atoms with E-state index in [9.17, 15) is 10.3 Å². The molecule has 0 aliphatic heterocycles. The van der Waals surface area contributed by atoms with Crippen molar-refractivity contribution in [2.75, 3.05) is 0 Å². The van der Waals surface area contributed by atoms with Gasteiger partial charge in [-0.1, -0.05) is 75.4 Å². The Morgan fingerprint density at radius 2 is 1.30 bits per heavy atom. The van der Waals surface area contributed by atoms with Crippen LogP contribution in [0.15, 0.2) is 54.6 Å². The molecule has 0 amide bonds. The summed E-state index contributed by atoms with van der Waals surface area (Å²) in [6, 6.07) is 17.2. The van der Waals surface area contributed by atoms with Gasteiger partial charge in [-0.15, -0.1) is 0 Å². The summed E-state index contributed by atoms with van der Waals surface area (Å²) in [6.07, 6.45) is -0.697. The molecule has 0 saturated carbocycles. The molecule has 0 bridgehead atoms. The van der Waals surface area contributed by atoms with Crippen LogP contribution in [-0.4, -0.2) is 21.5 Å². The molecule has 0 radical (unpaired) electrons. The molecule has 2 unspecified atom stereocenters. The first kappa shape index (κ1) is 32.7. The van der Waals surface area contributed by atoms with Gasteiger partial charge in [-0.2, -0.15) is 5.06 Å². The average Bonchev–Trinajstić information content (AvgIpc) is 2.74. The van der Waals surface area contributed by atoms with E-state index in [0.29, 0.717) is 6.54 Å². The van der Waals surface area contributed by atoms with Crippen LogP contribution in [0.3, 0.4) is 0 Å². The van der Waals surface area contributed by atoms with Crippen LogP contribution in [-0.2, 0) is 37.9 Å². The molecule has 7 heteroatoms. The number of aryl methyl sites for hydroxylation is 1. The normalized spacial score (nSPS) is 11.5. The van der Waals surface area contributed by atoms with Crippen LogP contribution in [0.1, 0.15) is 43.5 Å². The van der Waals surface area contributed by atoms with Gasteiger partial charge in [-0.05, 0) is 29.0 Å². The predicted octanol–water partition coefficient (Wildman–Crippen LogP) is 4.22. The van der Waals surface area contributed by atoms with Gasteiger partial charge in [-0.3, -0.25) is 0 Å². The van der Waals surface area contributed by atoms with Crippen molar-refractivity contribution in [3.8, 4) is 0 Å². The fraction of sp³-hybridized carbons (Fsp3) is 0.348. The second kappa shape index (κ2) is 17.9.